The van der Waals surface area contributed by atoms with Crippen molar-refractivity contribution in [3.05, 3.63) is 118 Å². The Balaban J connectivity index is 1.43. The van der Waals surface area contributed by atoms with E-state index in [-0.39, 0.29) is 29.1 Å². The molecule has 5 rings (SSSR count). The first-order chi connectivity index (χ1) is 21.1. The van der Waals surface area contributed by atoms with Crippen LogP contribution in [-0.4, -0.2) is 32.1 Å². The van der Waals surface area contributed by atoms with Crippen molar-refractivity contribution in [2.24, 2.45) is 28.0 Å². The molecule has 0 spiro atoms. The van der Waals surface area contributed by atoms with Gasteiger partial charge in [-0.25, -0.2) is 0 Å². The summed E-state index contributed by atoms with van der Waals surface area (Å²) < 4.78 is 0. The smallest absolute Gasteiger partial charge is 0.272 e. The van der Waals surface area contributed by atoms with Crippen LogP contribution in [0.3, 0.4) is 0 Å². The number of nitrogens with zero attached hydrogens (tertiary/aromatic N) is 6. The van der Waals surface area contributed by atoms with Crippen molar-refractivity contribution in [1.29, 1.82) is 0 Å². The number of hydrogen-bond donors (Lipinski definition) is 2. The van der Waals surface area contributed by atoms with Gasteiger partial charge in [0.2, 0.25) is 0 Å². The molecule has 0 aliphatic heterocycles. The van der Waals surface area contributed by atoms with Crippen LogP contribution >= 0.6 is 0 Å². The zero-order valence-corrected chi connectivity index (χ0v) is 22.8. The quantitative estimate of drug-likeness (QED) is 0.155. The fourth-order valence-electron chi connectivity index (χ4n) is 5.59. The molecule has 224 valence electrons. The summed E-state index contributed by atoms with van der Waals surface area (Å²) in [4.78, 5) is 42.3. The third-order valence-electron chi connectivity index (χ3n) is 7.68. The van der Waals surface area contributed by atoms with Crippen molar-refractivity contribution in [3.63, 3.8) is 0 Å². The highest BCUT2D eigenvalue weighted by Gasteiger charge is 2.36. The molecule has 0 amide bonds. The van der Waals surface area contributed by atoms with E-state index in [1.807, 2.05) is 12.1 Å². The topological polar surface area (TPSA) is 221 Å². The van der Waals surface area contributed by atoms with Gasteiger partial charge >= 0.3 is 11.4 Å². The number of benzene rings is 3. The second-order valence-electron chi connectivity index (χ2n) is 10.1. The van der Waals surface area contributed by atoms with E-state index in [4.69, 9.17) is 0 Å². The van der Waals surface area contributed by atoms with Crippen molar-refractivity contribution < 1.29 is 19.7 Å². The summed E-state index contributed by atoms with van der Waals surface area (Å²) in [6.45, 7) is 0. The molecular weight excluding hydrogens is 576 g/mol. The first-order valence-corrected chi connectivity index (χ1v) is 13.4. The predicted octanol–water partition coefficient (Wildman–Crippen LogP) is 6.10. The van der Waals surface area contributed by atoms with Crippen LogP contribution in [0.5, 0.6) is 0 Å². The first kappa shape index (κ1) is 29.4. The summed E-state index contributed by atoms with van der Waals surface area (Å²) in [5, 5.41) is 53.7. The average Bonchev–Trinajstić information content (AvgIpc) is 3.01. The lowest BCUT2D eigenvalue weighted by atomic mass is 9.66. The highest BCUT2D eigenvalue weighted by molar-refractivity contribution is 5.82. The van der Waals surface area contributed by atoms with E-state index in [1.54, 1.807) is 12.4 Å². The summed E-state index contributed by atoms with van der Waals surface area (Å²) in [5.41, 5.74) is 6.90. The molecule has 0 bridgehead atoms. The minimum atomic E-state index is -0.738. The summed E-state index contributed by atoms with van der Waals surface area (Å²) in [7, 11) is 0. The van der Waals surface area contributed by atoms with Crippen LogP contribution < -0.4 is 10.9 Å². The molecule has 0 aromatic heterocycles. The Morgan fingerprint density at radius 2 is 1.30 bits per heavy atom. The Labute approximate surface area is 248 Å². The second-order valence-corrected chi connectivity index (χ2v) is 10.1. The Bertz CT molecular complexity index is 1760. The van der Waals surface area contributed by atoms with Crippen LogP contribution in [0.2, 0.25) is 0 Å². The number of rotatable bonds is 10. The molecule has 16 heteroatoms. The van der Waals surface area contributed by atoms with Crippen LogP contribution in [0, 0.1) is 58.2 Å². The molecule has 0 saturated heterocycles. The molecular formula is C28H24N8O8. The highest BCUT2D eigenvalue weighted by Crippen LogP contribution is 2.45. The van der Waals surface area contributed by atoms with E-state index in [0.717, 1.165) is 48.2 Å². The number of anilines is 2. The van der Waals surface area contributed by atoms with E-state index in [1.165, 1.54) is 17.7 Å². The van der Waals surface area contributed by atoms with E-state index >= 15 is 0 Å². The number of nitro benzene ring substituents is 4. The fraction of sp³-hybridized carbons (Fsp3) is 0.214. The van der Waals surface area contributed by atoms with Crippen LogP contribution in [0.1, 0.15) is 24.0 Å². The van der Waals surface area contributed by atoms with Crippen LogP contribution in [-0.2, 0) is 6.42 Å². The van der Waals surface area contributed by atoms with E-state index < -0.39 is 42.4 Å². The Hall–Kier alpha value is -6.06. The van der Waals surface area contributed by atoms with Gasteiger partial charge in [-0.05, 0) is 54.0 Å². The van der Waals surface area contributed by atoms with E-state index in [2.05, 4.69) is 39.3 Å². The fourth-order valence-corrected chi connectivity index (χ4v) is 5.59. The second kappa shape index (κ2) is 12.4. The molecule has 3 aromatic carbocycles. The van der Waals surface area contributed by atoms with Crippen molar-refractivity contribution in [1.82, 2.24) is 0 Å². The van der Waals surface area contributed by atoms with E-state index in [0.29, 0.717) is 6.42 Å². The average molecular weight is 601 g/mol. The molecule has 2 N–H and O–H groups in total. The maximum Gasteiger partial charge on any atom is 0.301 e. The minimum Gasteiger partial charge on any atom is -0.272 e. The van der Waals surface area contributed by atoms with Gasteiger partial charge in [0.1, 0.15) is 11.4 Å². The summed E-state index contributed by atoms with van der Waals surface area (Å²) in [6, 6.07) is 14.5. The standard InChI is InChI=1S/C28H24N8O8/c37-33(38)19-7-11-25(27(13-19)35(41)42)31-29-15-18-6-10-22-21-4-2-1-3-17(21)5-9-23(22)24(18)16-30-32-26-12-8-20(34(39)40)14-28(26)36(43)44/h1-4,7-8,10-16,18,23-24,31-32H,5-6,9H2. The monoisotopic (exact) mass is 600 g/mol. The number of nitro groups is 4. The van der Waals surface area contributed by atoms with Gasteiger partial charge in [-0.2, -0.15) is 10.2 Å². The molecule has 3 unspecified atom stereocenters. The van der Waals surface area contributed by atoms with E-state index in [9.17, 15) is 40.5 Å². The van der Waals surface area contributed by atoms with Crippen LogP contribution in [0.15, 0.2) is 76.9 Å². The molecule has 2 aliphatic carbocycles. The molecule has 16 nitrogen and oxygen atoms in total. The highest BCUT2D eigenvalue weighted by atomic mass is 16.6. The molecule has 0 heterocycles. The van der Waals surface area contributed by atoms with Crippen molar-refractivity contribution >= 4 is 52.1 Å². The normalized spacial score (nSPS) is 19.1. The lowest BCUT2D eigenvalue weighted by molar-refractivity contribution is -0.393. The lowest BCUT2D eigenvalue weighted by Crippen LogP contribution is -2.33. The summed E-state index contributed by atoms with van der Waals surface area (Å²) in [5.74, 6) is -0.470. The molecule has 0 radical (unpaired) electrons. The van der Waals surface area contributed by atoms with Gasteiger partial charge in [-0.15, -0.1) is 0 Å². The number of hydrazone groups is 2. The Kier molecular flexibility index (Phi) is 8.32. The van der Waals surface area contributed by atoms with Crippen molar-refractivity contribution in [2.45, 2.75) is 19.3 Å². The van der Waals surface area contributed by atoms with Crippen molar-refractivity contribution in [2.75, 3.05) is 10.9 Å². The Morgan fingerprint density at radius 3 is 1.86 bits per heavy atom. The molecule has 0 saturated carbocycles. The van der Waals surface area contributed by atoms with Crippen molar-refractivity contribution in [3.8, 4) is 0 Å². The van der Waals surface area contributed by atoms with Gasteiger partial charge in [0.25, 0.3) is 11.4 Å². The molecule has 3 aromatic rings. The van der Waals surface area contributed by atoms with Gasteiger partial charge in [0, 0.05) is 36.4 Å². The number of fused-ring (bicyclic) bond motifs is 3. The van der Waals surface area contributed by atoms with Crippen LogP contribution in [0.25, 0.3) is 5.57 Å². The molecule has 44 heavy (non-hydrogen) atoms. The van der Waals surface area contributed by atoms with Crippen LogP contribution in [0.4, 0.5) is 34.1 Å². The number of nitrogens with one attached hydrogen (secondary N) is 2. The van der Waals surface area contributed by atoms with Gasteiger partial charge in [0.15, 0.2) is 0 Å². The SMILES string of the molecule is O=[N+]([O-])c1ccc(NN=CC2CC=C3c4ccccc4CCC3C2C=NNc2ccc([N+](=O)[O-])cc2[N+](=O)[O-])c([N+](=O)[O-])c1. The maximum atomic E-state index is 11.6. The van der Waals surface area contributed by atoms with Gasteiger partial charge in [0.05, 0.1) is 31.8 Å². The predicted molar refractivity (Wildman–Crippen MR) is 162 cm³/mol. The number of hydrogen-bond acceptors (Lipinski definition) is 12. The zero-order chi connectivity index (χ0) is 31.4. The zero-order valence-electron chi connectivity index (χ0n) is 22.8. The third-order valence-corrected chi connectivity index (χ3v) is 7.68. The van der Waals surface area contributed by atoms with Gasteiger partial charge < -0.3 is 0 Å². The number of aryl methyl sites for hydroxylation is 1. The maximum absolute atomic E-state index is 11.6. The lowest BCUT2D eigenvalue weighted by Gasteiger charge is -2.38. The molecule has 0 fully saturated rings. The summed E-state index contributed by atoms with van der Waals surface area (Å²) >= 11 is 0. The number of non-ortho nitro benzene ring substituents is 2. The third kappa shape index (κ3) is 6.08. The molecule has 3 atom stereocenters. The minimum absolute atomic E-state index is 0.0150. The number of allylic oxidation sites excluding steroid dienone is 2. The van der Waals surface area contributed by atoms with Gasteiger partial charge in [-0.3, -0.25) is 51.3 Å². The molecule has 2 aliphatic rings. The van der Waals surface area contributed by atoms with Gasteiger partial charge in [-0.1, -0.05) is 30.3 Å². The largest absolute Gasteiger partial charge is 0.301 e. The Morgan fingerprint density at radius 1 is 0.727 bits per heavy atom. The summed E-state index contributed by atoms with van der Waals surface area (Å²) in [6.07, 6.45) is 7.53. The first-order valence-electron chi connectivity index (χ1n) is 13.4.